The Bertz CT molecular complexity index is 1070. The number of para-hydroxylation sites is 1. The van der Waals surface area contributed by atoms with E-state index in [4.69, 9.17) is 0 Å². The number of aromatic nitrogens is 5. The lowest BCUT2D eigenvalue weighted by molar-refractivity contribution is 0.895. The number of pyridine rings is 1. The molecule has 0 amide bonds. The first-order chi connectivity index (χ1) is 13.2. The van der Waals surface area contributed by atoms with Gasteiger partial charge in [0, 0.05) is 25.9 Å². The van der Waals surface area contributed by atoms with Gasteiger partial charge in [0.2, 0.25) is 0 Å². The number of benzene rings is 1. The summed E-state index contributed by atoms with van der Waals surface area (Å²) in [6.07, 6.45) is 6.69. The Morgan fingerprint density at radius 3 is 2.59 bits per heavy atom. The Labute approximate surface area is 156 Å². The number of anilines is 2. The molecule has 0 aliphatic rings. The van der Waals surface area contributed by atoms with Crippen LogP contribution in [0.2, 0.25) is 0 Å². The number of nitrogens with one attached hydrogen (secondary N) is 1. The fraction of sp³-hybridized carbons (Fsp3) is 0.105. The van der Waals surface area contributed by atoms with Gasteiger partial charge in [0.05, 0.1) is 23.5 Å². The van der Waals surface area contributed by atoms with E-state index in [1.165, 1.54) is 6.33 Å². The second-order valence-electron chi connectivity index (χ2n) is 6.07. The maximum atomic E-state index is 4.43. The first-order valence-corrected chi connectivity index (χ1v) is 8.39. The van der Waals surface area contributed by atoms with Gasteiger partial charge in [0.25, 0.3) is 0 Å². The van der Waals surface area contributed by atoms with Gasteiger partial charge in [-0.05, 0) is 24.3 Å². The smallest absolute Gasteiger partial charge is 0.168 e. The zero-order chi connectivity index (χ0) is 18.6. The summed E-state index contributed by atoms with van der Waals surface area (Å²) in [6, 6.07) is 13.7. The molecule has 0 radical (unpaired) electrons. The summed E-state index contributed by atoms with van der Waals surface area (Å²) in [4.78, 5) is 14.9. The quantitative estimate of drug-likeness (QED) is 0.436. The van der Waals surface area contributed by atoms with Gasteiger partial charge in [-0.3, -0.25) is 5.43 Å². The minimum absolute atomic E-state index is 0.594. The molecule has 3 aromatic heterocycles. The molecule has 0 spiro atoms. The maximum Gasteiger partial charge on any atom is 0.168 e. The molecule has 0 fully saturated rings. The number of hydrogen-bond donors (Lipinski definition) is 1. The van der Waals surface area contributed by atoms with Gasteiger partial charge in [-0.25, -0.2) is 19.6 Å². The van der Waals surface area contributed by atoms with Crippen LogP contribution in [-0.2, 0) is 0 Å². The van der Waals surface area contributed by atoms with Crippen molar-refractivity contribution in [2.24, 2.45) is 5.10 Å². The van der Waals surface area contributed by atoms with Crippen LogP contribution in [0.1, 0.15) is 5.56 Å². The normalized spacial score (nSPS) is 11.2. The van der Waals surface area contributed by atoms with Crippen LogP contribution >= 0.6 is 0 Å². The molecule has 0 atom stereocenters. The first-order valence-electron chi connectivity index (χ1n) is 8.39. The van der Waals surface area contributed by atoms with Crippen molar-refractivity contribution in [2.45, 2.75) is 0 Å². The predicted octanol–water partition coefficient (Wildman–Crippen LogP) is 2.72. The summed E-state index contributed by atoms with van der Waals surface area (Å²) < 4.78 is 1.77. The standard InChI is InChI=1S/C19H18N8/c1-26(2)17-9-8-14(10-20-17)11-23-25-18-16-12-24-27(19(16)22-13-21-18)15-6-4-3-5-7-15/h3-13H,1-2H3,(H,21,22,25). The summed E-state index contributed by atoms with van der Waals surface area (Å²) in [5.41, 5.74) is 5.50. The van der Waals surface area contributed by atoms with Gasteiger partial charge in [0.1, 0.15) is 12.1 Å². The molecule has 0 bridgehead atoms. The van der Waals surface area contributed by atoms with Crippen LogP contribution < -0.4 is 10.3 Å². The lowest BCUT2D eigenvalue weighted by Crippen LogP contribution is -2.10. The highest BCUT2D eigenvalue weighted by Gasteiger charge is 2.10. The second-order valence-corrected chi connectivity index (χ2v) is 6.07. The number of hydrogen-bond acceptors (Lipinski definition) is 7. The van der Waals surface area contributed by atoms with Crippen molar-refractivity contribution in [1.29, 1.82) is 0 Å². The summed E-state index contributed by atoms with van der Waals surface area (Å²) in [5, 5.41) is 9.48. The van der Waals surface area contributed by atoms with Gasteiger partial charge in [-0.15, -0.1) is 0 Å². The number of rotatable bonds is 5. The van der Waals surface area contributed by atoms with Gasteiger partial charge in [0.15, 0.2) is 11.5 Å². The second kappa shape index (κ2) is 7.20. The van der Waals surface area contributed by atoms with Crippen LogP contribution in [0.25, 0.3) is 16.7 Å². The molecule has 134 valence electrons. The van der Waals surface area contributed by atoms with Crippen LogP contribution in [0.3, 0.4) is 0 Å². The van der Waals surface area contributed by atoms with E-state index in [9.17, 15) is 0 Å². The summed E-state index contributed by atoms with van der Waals surface area (Å²) >= 11 is 0. The molecule has 8 heteroatoms. The fourth-order valence-corrected chi connectivity index (χ4v) is 2.60. The average Bonchev–Trinajstić information content (AvgIpc) is 3.14. The third-order valence-corrected chi connectivity index (χ3v) is 3.98. The molecule has 4 rings (SSSR count). The van der Waals surface area contributed by atoms with Crippen molar-refractivity contribution in [3.8, 4) is 5.69 Å². The molecule has 0 aliphatic heterocycles. The number of nitrogens with zero attached hydrogens (tertiary/aromatic N) is 7. The summed E-state index contributed by atoms with van der Waals surface area (Å²) in [6.45, 7) is 0. The fourth-order valence-electron chi connectivity index (χ4n) is 2.60. The lowest BCUT2D eigenvalue weighted by atomic mass is 10.3. The molecule has 8 nitrogen and oxygen atoms in total. The topological polar surface area (TPSA) is 84.1 Å². The highest BCUT2D eigenvalue weighted by molar-refractivity contribution is 5.88. The molecule has 0 saturated carbocycles. The number of fused-ring (bicyclic) bond motifs is 1. The van der Waals surface area contributed by atoms with E-state index in [2.05, 4.69) is 30.6 Å². The third kappa shape index (κ3) is 3.45. The van der Waals surface area contributed by atoms with Crippen LogP contribution in [-0.4, -0.2) is 45.0 Å². The Kier molecular flexibility index (Phi) is 4.44. The Morgan fingerprint density at radius 2 is 1.85 bits per heavy atom. The summed E-state index contributed by atoms with van der Waals surface area (Å²) in [7, 11) is 3.90. The van der Waals surface area contributed by atoms with Crippen LogP contribution in [0.4, 0.5) is 11.6 Å². The number of hydrazone groups is 1. The van der Waals surface area contributed by atoms with Gasteiger partial charge in [-0.2, -0.15) is 10.2 Å². The molecule has 0 aliphatic carbocycles. The molecule has 3 heterocycles. The average molecular weight is 358 g/mol. The molecule has 1 aromatic carbocycles. The molecular weight excluding hydrogens is 340 g/mol. The Morgan fingerprint density at radius 1 is 1.00 bits per heavy atom. The molecule has 27 heavy (non-hydrogen) atoms. The van der Waals surface area contributed by atoms with Crippen molar-refractivity contribution in [3.63, 3.8) is 0 Å². The van der Waals surface area contributed by atoms with Crippen molar-refractivity contribution in [1.82, 2.24) is 24.7 Å². The van der Waals surface area contributed by atoms with Gasteiger partial charge < -0.3 is 4.90 Å². The lowest BCUT2D eigenvalue weighted by Gasteiger charge is -2.10. The van der Waals surface area contributed by atoms with Crippen LogP contribution in [0, 0.1) is 0 Å². The molecule has 4 aromatic rings. The van der Waals surface area contributed by atoms with E-state index in [1.54, 1.807) is 23.3 Å². The molecular formula is C19H18N8. The van der Waals surface area contributed by atoms with E-state index in [-0.39, 0.29) is 0 Å². The van der Waals surface area contributed by atoms with Crippen molar-refractivity contribution in [3.05, 3.63) is 66.7 Å². The molecule has 0 saturated heterocycles. The summed E-state index contributed by atoms with van der Waals surface area (Å²) in [5.74, 6) is 1.49. The Hall–Kier alpha value is -3.81. The first kappa shape index (κ1) is 16.6. The third-order valence-electron chi connectivity index (χ3n) is 3.98. The SMILES string of the molecule is CN(C)c1ccc(C=NNc2ncnc3c2cnn3-c2ccccc2)cn1. The molecule has 0 unspecified atom stereocenters. The van der Waals surface area contributed by atoms with E-state index < -0.39 is 0 Å². The maximum absolute atomic E-state index is 4.43. The largest absolute Gasteiger partial charge is 0.363 e. The highest BCUT2D eigenvalue weighted by atomic mass is 15.3. The molecule has 1 N–H and O–H groups in total. The van der Waals surface area contributed by atoms with E-state index in [1.807, 2.05) is 61.5 Å². The van der Waals surface area contributed by atoms with E-state index in [0.29, 0.717) is 11.5 Å². The predicted molar refractivity (Wildman–Crippen MR) is 106 cm³/mol. The Balaban J connectivity index is 1.57. The zero-order valence-corrected chi connectivity index (χ0v) is 15.0. The van der Waals surface area contributed by atoms with Crippen LogP contribution in [0.5, 0.6) is 0 Å². The van der Waals surface area contributed by atoms with Crippen molar-refractivity contribution in [2.75, 3.05) is 24.4 Å². The van der Waals surface area contributed by atoms with Gasteiger partial charge in [-0.1, -0.05) is 18.2 Å². The minimum Gasteiger partial charge on any atom is -0.363 e. The van der Waals surface area contributed by atoms with E-state index in [0.717, 1.165) is 22.5 Å². The van der Waals surface area contributed by atoms with Gasteiger partial charge >= 0.3 is 0 Å². The minimum atomic E-state index is 0.594. The monoisotopic (exact) mass is 358 g/mol. The van der Waals surface area contributed by atoms with E-state index >= 15 is 0 Å². The zero-order valence-electron chi connectivity index (χ0n) is 15.0. The van der Waals surface area contributed by atoms with Crippen LogP contribution in [0.15, 0.2) is 66.3 Å². The van der Waals surface area contributed by atoms with Crippen molar-refractivity contribution < 1.29 is 0 Å². The highest BCUT2D eigenvalue weighted by Crippen LogP contribution is 2.21. The van der Waals surface area contributed by atoms with Crippen molar-refractivity contribution >= 4 is 28.9 Å².